The van der Waals surface area contributed by atoms with Crippen LogP contribution in [0.4, 0.5) is 18.9 Å². The summed E-state index contributed by atoms with van der Waals surface area (Å²) in [7, 11) is 0. The van der Waals surface area contributed by atoms with E-state index >= 15 is 0 Å². The van der Waals surface area contributed by atoms with Crippen molar-refractivity contribution in [3.05, 3.63) is 65.7 Å². The first-order valence-electron chi connectivity index (χ1n) is 12.1. The zero-order chi connectivity index (χ0) is 26.9. The number of aryl methyl sites for hydroxylation is 1. The van der Waals surface area contributed by atoms with E-state index in [-0.39, 0.29) is 24.1 Å². The molecule has 0 unspecified atom stereocenters. The van der Waals surface area contributed by atoms with Crippen molar-refractivity contribution in [1.29, 1.82) is 0 Å². The molecule has 0 bridgehead atoms. The number of carbonyl (C=O) groups is 2. The van der Waals surface area contributed by atoms with E-state index < -0.39 is 17.8 Å². The van der Waals surface area contributed by atoms with Crippen LogP contribution in [-0.4, -0.2) is 54.7 Å². The van der Waals surface area contributed by atoms with Gasteiger partial charge >= 0.3 is 6.18 Å². The normalized spacial score (nSPS) is 14.7. The summed E-state index contributed by atoms with van der Waals surface area (Å²) in [5.74, 6) is 0.602. The number of hydrogen-bond donors (Lipinski definition) is 1. The van der Waals surface area contributed by atoms with E-state index in [1.165, 1.54) is 10.7 Å². The van der Waals surface area contributed by atoms with E-state index in [1.54, 1.807) is 29.3 Å². The number of anilines is 1. The van der Waals surface area contributed by atoms with E-state index in [1.807, 2.05) is 6.92 Å². The lowest BCUT2D eigenvalue weighted by Crippen LogP contribution is -2.39. The van der Waals surface area contributed by atoms with Crippen LogP contribution in [0.1, 0.15) is 53.6 Å². The van der Waals surface area contributed by atoms with Crippen molar-refractivity contribution >= 4 is 28.4 Å². The van der Waals surface area contributed by atoms with Gasteiger partial charge in [-0.1, -0.05) is 18.1 Å². The molecule has 10 nitrogen and oxygen atoms in total. The predicted octanol–water partition coefficient (Wildman–Crippen LogP) is 4.05. The van der Waals surface area contributed by atoms with E-state index in [4.69, 9.17) is 4.52 Å². The molecule has 0 radical (unpaired) electrons. The van der Waals surface area contributed by atoms with Crippen LogP contribution >= 0.6 is 0 Å². The minimum atomic E-state index is -4.65. The lowest BCUT2D eigenvalue weighted by molar-refractivity contribution is -0.141. The Bertz CT molecular complexity index is 1470. The van der Waals surface area contributed by atoms with Crippen LogP contribution in [0.2, 0.25) is 0 Å². The van der Waals surface area contributed by atoms with Crippen molar-refractivity contribution in [3.8, 4) is 0 Å². The Morgan fingerprint density at radius 3 is 2.63 bits per heavy atom. The highest BCUT2D eigenvalue weighted by atomic mass is 19.4. The number of alkyl halides is 3. The molecule has 1 aliphatic rings. The Balaban J connectivity index is 1.20. The second-order valence-electron chi connectivity index (χ2n) is 9.02. The fourth-order valence-corrected chi connectivity index (χ4v) is 4.34. The number of benzene rings is 1. The third-order valence-corrected chi connectivity index (χ3v) is 6.38. The molecule has 1 saturated heterocycles. The Kier molecular flexibility index (Phi) is 6.83. The van der Waals surface area contributed by atoms with Crippen molar-refractivity contribution in [1.82, 2.24) is 29.8 Å². The van der Waals surface area contributed by atoms with Gasteiger partial charge in [-0.15, -0.1) is 0 Å². The Labute approximate surface area is 214 Å². The monoisotopic (exact) mass is 527 g/mol. The molecule has 0 aliphatic carbocycles. The number of pyridine rings is 1. The number of carbonyl (C=O) groups excluding carboxylic acids is 2. The van der Waals surface area contributed by atoms with Gasteiger partial charge in [-0.3, -0.25) is 14.3 Å². The maximum Gasteiger partial charge on any atom is 0.433 e. The Morgan fingerprint density at radius 1 is 1.13 bits per heavy atom. The molecule has 2 amide bonds. The summed E-state index contributed by atoms with van der Waals surface area (Å²) in [6.07, 6.45) is -0.781. The number of hydrogen-bond acceptors (Lipinski definition) is 7. The molecule has 1 aromatic carbocycles. The molecule has 1 fully saturated rings. The van der Waals surface area contributed by atoms with Crippen molar-refractivity contribution in [2.24, 2.45) is 0 Å². The van der Waals surface area contributed by atoms with Gasteiger partial charge in [-0.2, -0.15) is 23.3 Å². The molecule has 5 rings (SSSR count). The van der Waals surface area contributed by atoms with Gasteiger partial charge in [0.15, 0.2) is 5.82 Å². The van der Waals surface area contributed by atoms with Gasteiger partial charge in [-0.05, 0) is 43.2 Å². The van der Waals surface area contributed by atoms with Gasteiger partial charge < -0.3 is 14.7 Å². The highest BCUT2D eigenvalue weighted by Crippen LogP contribution is 2.28. The predicted molar refractivity (Wildman–Crippen MR) is 129 cm³/mol. The van der Waals surface area contributed by atoms with Crippen molar-refractivity contribution in [2.45, 2.75) is 44.8 Å². The molecule has 4 aromatic rings. The second-order valence-corrected chi connectivity index (χ2v) is 9.02. The number of rotatable bonds is 6. The van der Waals surface area contributed by atoms with Crippen molar-refractivity contribution < 1.29 is 27.3 Å². The number of nitrogens with one attached hydrogen (secondary N) is 1. The molecular formula is C25H24F3N7O3. The van der Waals surface area contributed by atoms with Crippen LogP contribution in [0.3, 0.4) is 0 Å². The molecule has 13 heteroatoms. The number of nitrogens with zero attached hydrogens (tertiary/aromatic N) is 6. The van der Waals surface area contributed by atoms with Gasteiger partial charge in [0.05, 0.1) is 5.52 Å². The maximum atomic E-state index is 12.9. The number of aromatic nitrogens is 5. The molecular weight excluding hydrogens is 503 g/mol. The van der Waals surface area contributed by atoms with Crippen LogP contribution < -0.4 is 5.32 Å². The number of piperidine rings is 1. The van der Waals surface area contributed by atoms with E-state index in [2.05, 4.69) is 25.5 Å². The van der Waals surface area contributed by atoms with Crippen LogP contribution in [0.25, 0.3) is 10.9 Å². The van der Waals surface area contributed by atoms with E-state index in [0.29, 0.717) is 47.8 Å². The summed E-state index contributed by atoms with van der Waals surface area (Å²) in [5.41, 5.74) is -0.525. The number of halogens is 3. The summed E-state index contributed by atoms with van der Waals surface area (Å²) in [4.78, 5) is 34.9. The average molecular weight is 528 g/mol. The summed E-state index contributed by atoms with van der Waals surface area (Å²) in [6, 6.07) is 8.02. The summed E-state index contributed by atoms with van der Waals surface area (Å²) < 4.78 is 45.6. The molecule has 198 valence electrons. The SMILES string of the molecule is CCc1noc(C2CCN(C(=O)Cn3cc4cc(NC(=O)c5cccc(C(F)(F)F)n5)ccc4n3)CC2)n1. The fraction of sp³-hybridized carbons (Fsp3) is 0.360. The maximum absolute atomic E-state index is 12.9. The van der Waals surface area contributed by atoms with Gasteiger partial charge in [0.25, 0.3) is 5.91 Å². The molecule has 0 spiro atoms. The Hall–Kier alpha value is -4.29. The van der Waals surface area contributed by atoms with Crippen LogP contribution in [0.5, 0.6) is 0 Å². The van der Waals surface area contributed by atoms with Crippen LogP contribution in [0, 0.1) is 0 Å². The standard InChI is InChI=1S/C25H24F3N7O3/c1-2-21-31-24(38-33-21)15-8-10-34(11-9-15)22(36)14-35-13-16-12-17(6-7-18(16)32-35)29-23(37)19-4-3-5-20(30-19)25(26,27)28/h3-7,12-13,15H,2,8-11,14H2,1H3,(H,29,37). The minimum Gasteiger partial charge on any atom is -0.341 e. The highest BCUT2D eigenvalue weighted by Gasteiger charge is 2.33. The second kappa shape index (κ2) is 10.2. The fourth-order valence-electron chi connectivity index (χ4n) is 4.34. The highest BCUT2D eigenvalue weighted by molar-refractivity contribution is 6.03. The number of likely N-dealkylation sites (tertiary alicyclic amines) is 1. The number of amides is 2. The van der Waals surface area contributed by atoms with Gasteiger partial charge in [-0.25, -0.2) is 4.98 Å². The molecule has 1 aliphatic heterocycles. The third kappa shape index (κ3) is 5.50. The molecule has 3 aromatic heterocycles. The zero-order valence-electron chi connectivity index (χ0n) is 20.4. The molecule has 0 atom stereocenters. The molecule has 38 heavy (non-hydrogen) atoms. The quantitative estimate of drug-likeness (QED) is 0.402. The summed E-state index contributed by atoms with van der Waals surface area (Å²) >= 11 is 0. The smallest absolute Gasteiger partial charge is 0.341 e. The third-order valence-electron chi connectivity index (χ3n) is 6.38. The van der Waals surface area contributed by atoms with Crippen LogP contribution in [0.15, 0.2) is 47.1 Å². The first kappa shape index (κ1) is 25.4. The largest absolute Gasteiger partial charge is 0.433 e. The summed E-state index contributed by atoms with van der Waals surface area (Å²) in [6.45, 7) is 3.17. The first-order valence-corrected chi connectivity index (χ1v) is 12.1. The van der Waals surface area contributed by atoms with Gasteiger partial charge in [0.1, 0.15) is 17.9 Å². The van der Waals surface area contributed by atoms with E-state index in [0.717, 1.165) is 25.0 Å². The topological polar surface area (TPSA) is 119 Å². The lowest BCUT2D eigenvalue weighted by atomic mass is 9.97. The van der Waals surface area contributed by atoms with E-state index in [9.17, 15) is 22.8 Å². The van der Waals surface area contributed by atoms with Gasteiger partial charge in [0.2, 0.25) is 11.8 Å². The molecule has 0 saturated carbocycles. The summed E-state index contributed by atoms with van der Waals surface area (Å²) in [5, 5.41) is 11.6. The van der Waals surface area contributed by atoms with Gasteiger partial charge in [0, 0.05) is 42.7 Å². The first-order chi connectivity index (χ1) is 18.2. The van der Waals surface area contributed by atoms with Crippen LogP contribution in [-0.2, 0) is 23.9 Å². The molecule has 1 N–H and O–H groups in total. The zero-order valence-corrected chi connectivity index (χ0v) is 20.4. The average Bonchev–Trinajstić information content (AvgIpc) is 3.55. The Morgan fingerprint density at radius 2 is 1.92 bits per heavy atom. The number of fused-ring (bicyclic) bond motifs is 1. The van der Waals surface area contributed by atoms with Crippen molar-refractivity contribution in [2.75, 3.05) is 18.4 Å². The van der Waals surface area contributed by atoms with Crippen molar-refractivity contribution in [3.63, 3.8) is 0 Å². The lowest BCUT2D eigenvalue weighted by Gasteiger charge is -2.30. The minimum absolute atomic E-state index is 0.0513. The molecule has 4 heterocycles.